The summed E-state index contributed by atoms with van der Waals surface area (Å²) < 4.78 is 10.9. The highest BCUT2D eigenvalue weighted by atomic mass is 16.6. The molecule has 0 saturated heterocycles. The van der Waals surface area contributed by atoms with E-state index in [9.17, 15) is 9.59 Å². The first kappa shape index (κ1) is 15.6. The smallest absolute Gasteiger partial charge is 0.344 e. The average molecular weight is 306 g/mol. The number of allylic oxidation sites excluding steroid dienone is 2. The Morgan fingerprint density at radius 1 is 1.23 bits per heavy atom. The van der Waals surface area contributed by atoms with Gasteiger partial charge >= 0.3 is 11.9 Å². The van der Waals surface area contributed by atoms with Gasteiger partial charge in [-0.25, -0.2) is 4.79 Å². The van der Waals surface area contributed by atoms with Gasteiger partial charge in [0.15, 0.2) is 6.61 Å². The van der Waals surface area contributed by atoms with Crippen LogP contribution in [0.3, 0.4) is 0 Å². The van der Waals surface area contributed by atoms with Crippen molar-refractivity contribution in [2.24, 2.45) is 17.3 Å². The van der Waals surface area contributed by atoms with Crippen LogP contribution in [-0.2, 0) is 19.1 Å². The summed E-state index contributed by atoms with van der Waals surface area (Å²) in [7, 11) is 0. The maximum atomic E-state index is 12.4. The maximum absolute atomic E-state index is 12.4. The van der Waals surface area contributed by atoms with Crippen molar-refractivity contribution in [1.82, 2.24) is 0 Å². The highest BCUT2D eigenvalue weighted by Crippen LogP contribution is 2.52. The van der Waals surface area contributed by atoms with Gasteiger partial charge in [0.2, 0.25) is 0 Å². The van der Waals surface area contributed by atoms with Crippen molar-refractivity contribution >= 4 is 11.9 Å². The Balaban J connectivity index is 1.51. The quantitative estimate of drug-likeness (QED) is 0.577. The number of hydrogen-bond acceptors (Lipinski definition) is 4. The molecule has 3 rings (SSSR count). The van der Waals surface area contributed by atoms with E-state index in [1.807, 2.05) is 13.8 Å². The predicted molar refractivity (Wildman–Crippen MR) is 82.0 cm³/mol. The maximum Gasteiger partial charge on any atom is 0.344 e. The van der Waals surface area contributed by atoms with Gasteiger partial charge in [-0.3, -0.25) is 4.79 Å². The number of fused-ring (bicyclic) bond motifs is 2. The molecule has 0 radical (unpaired) electrons. The zero-order chi connectivity index (χ0) is 15.8. The lowest BCUT2D eigenvalue weighted by Gasteiger charge is -2.30. The molecule has 2 bridgehead atoms. The zero-order valence-electron chi connectivity index (χ0n) is 13.6. The fourth-order valence-electron chi connectivity index (χ4n) is 4.44. The summed E-state index contributed by atoms with van der Waals surface area (Å²) in [5.74, 6) is 0.104. The summed E-state index contributed by atoms with van der Waals surface area (Å²) in [6.07, 6.45) is 11.1. The van der Waals surface area contributed by atoms with Gasteiger partial charge in [0, 0.05) is 0 Å². The average Bonchev–Trinajstić information content (AvgIpc) is 3.21. The number of hydrogen-bond donors (Lipinski definition) is 0. The first-order valence-corrected chi connectivity index (χ1v) is 8.55. The molecule has 122 valence electrons. The Labute approximate surface area is 132 Å². The van der Waals surface area contributed by atoms with Crippen molar-refractivity contribution in [3.05, 3.63) is 12.2 Å². The molecule has 0 aromatic rings. The molecular weight excluding hydrogens is 280 g/mol. The van der Waals surface area contributed by atoms with Gasteiger partial charge in [-0.2, -0.15) is 0 Å². The molecule has 0 aromatic heterocycles. The fraction of sp³-hybridized carbons (Fsp3) is 0.778. The van der Waals surface area contributed by atoms with Gasteiger partial charge in [-0.05, 0) is 63.7 Å². The summed E-state index contributed by atoms with van der Waals surface area (Å²) in [6.45, 7) is 3.75. The summed E-state index contributed by atoms with van der Waals surface area (Å²) in [5, 5.41) is 0. The number of carbonyl (C=O) groups excluding carboxylic acids is 2. The number of carbonyl (C=O) groups is 2. The van der Waals surface area contributed by atoms with Gasteiger partial charge in [-0.1, -0.05) is 19.1 Å². The van der Waals surface area contributed by atoms with Crippen LogP contribution in [0.15, 0.2) is 12.2 Å². The Kier molecular flexibility index (Phi) is 4.04. The van der Waals surface area contributed by atoms with Gasteiger partial charge < -0.3 is 9.47 Å². The second-order valence-electron chi connectivity index (χ2n) is 7.40. The van der Waals surface area contributed by atoms with Crippen LogP contribution in [0.1, 0.15) is 58.8 Å². The molecule has 0 aliphatic heterocycles. The van der Waals surface area contributed by atoms with Crippen LogP contribution in [0.5, 0.6) is 0 Å². The summed E-state index contributed by atoms with van der Waals surface area (Å²) in [4.78, 5) is 24.4. The van der Waals surface area contributed by atoms with E-state index in [0.717, 1.165) is 44.9 Å². The van der Waals surface area contributed by atoms with Crippen LogP contribution in [-0.4, -0.2) is 24.1 Å². The van der Waals surface area contributed by atoms with E-state index in [1.165, 1.54) is 0 Å². The first-order chi connectivity index (χ1) is 10.5. The molecule has 0 heterocycles. The van der Waals surface area contributed by atoms with E-state index in [4.69, 9.17) is 9.47 Å². The molecule has 0 spiro atoms. The minimum Gasteiger partial charge on any atom is -0.457 e. The van der Waals surface area contributed by atoms with Gasteiger partial charge in [0.25, 0.3) is 0 Å². The van der Waals surface area contributed by atoms with Crippen LogP contribution in [0.2, 0.25) is 0 Å². The van der Waals surface area contributed by atoms with Gasteiger partial charge in [0.05, 0.1) is 5.41 Å². The summed E-state index contributed by atoms with van der Waals surface area (Å²) in [5.41, 5.74) is -0.780. The van der Waals surface area contributed by atoms with Crippen molar-refractivity contribution in [2.75, 3.05) is 6.61 Å². The van der Waals surface area contributed by atoms with E-state index >= 15 is 0 Å². The largest absolute Gasteiger partial charge is 0.457 e. The standard InChI is InChI=1S/C18H26O4/c1-3-18(8-4-5-9-18)22-15(19)12-21-16(20)17(2)11-13-6-7-14(17)10-13/h6-7,13-14H,3-5,8-12H2,1-2H3. The van der Waals surface area contributed by atoms with Crippen LogP contribution >= 0.6 is 0 Å². The molecular formula is C18H26O4. The molecule has 4 nitrogen and oxygen atoms in total. The molecule has 2 saturated carbocycles. The first-order valence-electron chi connectivity index (χ1n) is 8.55. The Bertz CT molecular complexity index is 489. The van der Waals surface area contributed by atoms with E-state index in [1.54, 1.807) is 0 Å². The minimum absolute atomic E-state index is 0.252. The second-order valence-corrected chi connectivity index (χ2v) is 7.40. The Morgan fingerprint density at radius 3 is 2.50 bits per heavy atom. The monoisotopic (exact) mass is 306 g/mol. The molecule has 0 N–H and O–H groups in total. The lowest BCUT2D eigenvalue weighted by molar-refractivity contribution is -0.174. The van der Waals surface area contributed by atoms with Crippen molar-refractivity contribution in [2.45, 2.75) is 64.4 Å². The van der Waals surface area contributed by atoms with Crippen LogP contribution in [0, 0.1) is 17.3 Å². The van der Waals surface area contributed by atoms with Crippen LogP contribution in [0.4, 0.5) is 0 Å². The zero-order valence-corrected chi connectivity index (χ0v) is 13.6. The van der Waals surface area contributed by atoms with Crippen LogP contribution in [0.25, 0.3) is 0 Å². The van der Waals surface area contributed by atoms with Gasteiger partial charge in [0.1, 0.15) is 5.60 Å². The topological polar surface area (TPSA) is 52.6 Å². The van der Waals surface area contributed by atoms with Crippen molar-refractivity contribution < 1.29 is 19.1 Å². The molecule has 4 heteroatoms. The summed E-state index contributed by atoms with van der Waals surface area (Å²) >= 11 is 0. The molecule has 0 amide bonds. The molecule has 2 fully saturated rings. The SMILES string of the molecule is CCC1(OC(=O)COC(=O)C2(C)CC3C=CC2C3)CCCC1. The van der Waals surface area contributed by atoms with Gasteiger partial charge in [-0.15, -0.1) is 0 Å². The fourth-order valence-corrected chi connectivity index (χ4v) is 4.44. The number of rotatable bonds is 5. The van der Waals surface area contributed by atoms with Crippen molar-refractivity contribution in [1.29, 1.82) is 0 Å². The Morgan fingerprint density at radius 2 is 1.95 bits per heavy atom. The third-order valence-electron chi connectivity index (χ3n) is 5.95. The Hall–Kier alpha value is -1.32. The molecule has 3 atom stereocenters. The third-order valence-corrected chi connectivity index (χ3v) is 5.95. The highest BCUT2D eigenvalue weighted by Gasteiger charge is 2.51. The van der Waals surface area contributed by atoms with Crippen molar-refractivity contribution in [3.63, 3.8) is 0 Å². The lowest BCUT2D eigenvalue weighted by atomic mass is 9.78. The molecule has 3 unspecified atom stereocenters. The van der Waals surface area contributed by atoms with Crippen LogP contribution < -0.4 is 0 Å². The van der Waals surface area contributed by atoms with E-state index in [0.29, 0.717) is 5.92 Å². The molecule has 3 aliphatic rings. The highest BCUT2D eigenvalue weighted by molar-refractivity contribution is 5.81. The molecule has 3 aliphatic carbocycles. The predicted octanol–water partition coefficient (Wildman–Crippen LogP) is 3.40. The molecule has 0 aromatic carbocycles. The van der Waals surface area contributed by atoms with E-state index in [2.05, 4.69) is 12.2 Å². The number of ether oxygens (including phenoxy) is 2. The van der Waals surface area contributed by atoms with E-state index < -0.39 is 11.4 Å². The third kappa shape index (κ3) is 2.68. The van der Waals surface area contributed by atoms with Crippen molar-refractivity contribution in [3.8, 4) is 0 Å². The second kappa shape index (κ2) is 5.71. The normalized spacial score (nSPS) is 34.8. The number of esters is 2. The van der Waals surface area contributed by atoms with E-state index in [-0.39, 0.29) is 24.1 Å². The minimum atomic E-state index is -0.463. The lowest BCUT2D eigenvalue weighted by Crippen LogP contribution is -2.37. The summed E-state index contributed by atoms with van der Waals surface area (Å²) in [6, 6.07) is 0. The molecule has 22 heavy (non-hydrogen) atoms.